The molecule has 112 valence electrons. The molecule has 0 aliphatic carbocycles. The summed E-state index contributed by atoms with van der Waals surface area (Å²) in [5, 5.41) is 6.79. The van der Waals surface area contributed by atoms with E-state index in [4.69, 9.17) is 23.2 Å². The lowest BCUT2D eigenvalue weighted by Gasteiger charge is -2.05. The van der Waals surface area contributed by atoms with Crippen LogP contribution in [-0.4, -0.2) is 17.4 Å². The lowest BCUT2D eigenvalue weighted by atomic mass is 10.2. The van der Waals surface area contributed by atoms with Gasteiger partial charge in [-0.25, -0.2) is 4.98 Å². The maximum Gasteiger partial charge on any atom is 0.251 e. The highest BCUT2D eigenvalue weighted by molar-refractivity contribution is 7.09. The number of halogens is 2. The SMILES string of the molecule is CC(C)c1csc(CCNC(=O)c2ccc(Cl)c(Cl)c2)n1. The topological polar surface area (TPSA) is 42.0 Å². The van der Waals surface area contributed by atoms with Crippen LogP contribution >= 0.6 is 34.5 Å². The molecule has 0 unspecified atom stereocenters. The van der Waals surface area contributed by atoms with Gasteiger partial charge in [-0.1, -0.05) is 37.0 Å². The molecular weight excluding hydrogens is 327 g/mol. The van der Waals surface area contributed by atoms with Gasteiger partial charge in [-0.3, -0.25) is 4.79 Å². The molecular formula is C15H16Cl2N2OS. The third-order valence-electron chi connectivity index (χ3n) is 2.97. The lowest BCUT2D eigenvalue weighted by molar-refractivity contribution is 0.0954. The molecule has 21 heavy (non-hydrogen) atoms. The fourth-order valence-corrected chi connectivity index (χ4v) is 2.99. The Morgan fingerprint density at radius 3 is 2.71 bits per heavy atom. The average molecular weight is 343 g/mol. The van der Waals surface area contributed by atoms with E-state index < -0.39 is 0 Å². The second-order valence-electron chi connectivity index (χ2n) is 4.96. The van der Waals surface area contributed by atoms with Crippen molar-refractivity contribution in [1.29, 1.82) is 0 Å². The van der Waals surface area contributed by atoms with Gasteiger partial charge in [-0.05, 0) is 24.1 Å². The van der Waals surface area contributed by atoms with E-state index in [1.54, 1.807) is 29.5 Å². The Bertz CT molecular complexity index is 640. The van der Waals surface area contributed by atoms with Crippen molar-refractivity contribution >= 4 is 40.4 Å². The Balaban J connectivity index is 1.87. The summed E-state index contributed by atoms with van der Waals surface area (Å²) in [6.45, 7) is 4.78. The van der Waals surface area contributed by atoms with Crippen LogP contribution in [0, 0.1) is 0 Å². The van der Waals surface area contributed by atoms with Crippen LogP contribution in [0.15, 0.2) is 23.6 Å². The molecule has 1 aromatic heterocycles. The van der Waals surface area contributed by atoms with Crippen LogP contribution in [0.3, 0.4) is 0 Å². The summed E-state index contributed by atoms with van der Waals surface area (Å²) in [6.07, 6.45) is 0.727. The number of thiazole rings is 1. The molecule has 1 heterocycles. The van der Waals surface area contributed by atoms with Gasteiger partial charge in [0.2, 0.25) is 0 Å². The number of amides is 1. The van der Waals surface area contributed by atoms with Gasteiger partial charge in [0.15, 0.2) is 0 Å². The van der Waals surface area contributed by atoms with Crippen LogP contribution in [0.4, 0.5) is 0 Å². The van der Waals surface area contributed by atoms with Crippen LogP contribution in [-0.2, 0) is 6.42 Å². The second-order valence-corrected chi connectivity index (χ2v) is 6.71. The highest BCUT2D eigenvalue weighted by Gasteiger charge is 2.09. The third-order valence-corrected chi connectivity index (χ3v) is 4.63. The van der Waals surface area contributed by atoms with Crippen molar-refractivity contribution in [3.05, 3.63) is 49.9 Å². The molecule has 2 aromatic rings. The number of carbonyl (C=O) groups is 1. The first kappa shape index (κ1) is 16.3. The third kappa shape index (κ3) is 4.43. The van der Waals surface area contributed by atoms with Gasteiger partial charge in [0.25, 0.3) is 5.91 Å². The average Bonchev–Trinajstić information content (AvgIpc) is 2.91. The fraction of sp³-hybridized carbons (Fsp3) is 0.333. The zero-order valence-electron chi connectivity index (χ0n) is 11.8. The smallest absolute Gasteiger partial charge is 0.251 e. The minimum Gasteiger partial charge on any atom is -0.352 e. The molecule has 0 aliphatic heterocycles. The van der Waals surface area contributed by atoms with E-state index in [0.717, 1.165) is 17.1 Å². The largest absolute Gasteiger partial charge is 0.352 e. The molecule has 0 radical (unpaired) electrons. The van der Waals surface area contributed by atoms with Crippen molar-refractivity contribution in [1.82, 2.24) is 10.3 Å². The van der Waals surface area contributed by atoms with E-state index >= 15 is 0 Å². The van der Waals surface area contributed by atoms with Crippen molar-refractivity contribution in [2.45, 2.75) is 26.2 Å². The van der Waals surface area contributed by atoms with E-state index in [0.29, 0.717) is 28.1 Å². The van der Waals surface area contributed by atoms with Crippen LogP contribution in [0.25, 0.3) is 0 Å². The Kier molecular flexibility index (Phi) is 5.62. The molecule has 0 saturated heterocycles. The predicted octanol–water partition coefficient (Wildman–Crippen LogP) is 4.55. The maximum absolute atomic E-state index is 12.0. The molecule has 0 saturated carbocycles. The number of hydrogen-bond donors (Lipinski definition) is 1. The Labute approximate surface area is 138 Å². The van der Waals surface area contributed by atoms with E-state index in [1.807, 2.05) is 0 Å². The maximum atomic E-state index is 12.0. The zero-order chi connectivity index (χ0) is 15.4. The predicted molar refractivity (Wildman–Crippen MR) is 88.7 cm³/mol. The molecule has 1 aromatic carbocycles. The summed E-state index contributed by atoms with van der Waals surface area (Å²) in [5.74, 6) is 0.273. The van der Waals surface area contributed by atoms with Crippen molar-refractivity contribution in [2.75, 3.05) is 6.54 Å². The first-order valence-electron chi connectivity index (χ1n) is 6.65. The van der Waals surface area contributed by atoms with E-state index in [-0.39, 0.29) is 5.91 Å². The Morgan fingerprint density at radius 2 is 2.10 bits per heavy atom. The molecule has 0 atom stereocenters. The molecule has 1 amide bonds. The number of hydrogen-bond acceptors (Lipinski definition) is 3. The van der Waals surface area contributed by atoms with E-state index in [2.05, 4.69) is 29.5 Å². The van der Waals surface area contributed by atoms with Crippen LogP contribution in [0.2, 0.25) is 10.0 Å². The van der Waals surface area contributed by atoms with Crippen LogP contribution in [0.1, 0.15) is 40.8 Å². The van der Waals surface area contributed by atoms with Crippen molar-refractivity contribution in [3.8, 4) is 0 Å². The molecule has 0 bridgehead atoms. The summed E-state index contributed by atoms with van der Waals surface area (Å²) in [7, 11) is 0. The number of nitrogens with zero attached hydrogens (tertiary/aromatic N) is 1. The Morgan fingerprint density at radius 1 is 1.33 bits per heavy atom. The quantitative estimate of drug-likeness (QED) is 0.866. The molecule has 6 heteroatoms. The fourth-order valence-electron chi connectivity index (χ4n) is 1.73. The zero-order valence-corrected chi connectivity index (χ0v) is 14.1. The summed E-state index contributed by atoms with van der Waals surface area (Å²) < 4.78 is 0. The van der Waals surface area contributed by atoms with Crippen molar-refractivity contribution in [3.63, 3.8) is 0 Å². The van der Waals surface area contributed by atoms with Crippen LogP contribution in [0.5, 0.6) is 0 Å². The number of carbonyl (C=O) groups excluding carboxylic acids is 1. The lowest BCUT2D eigenvalue weighted by Crippen LogP contribution is -2.25. The normalized spacial score (nSPS) is 10.9. The standard InChI is InChI=1S/C15H16Cl2N2OS/c1-9(2)13-8-21-14(19-13)5-6-18-15(20)10-3-4-11(16)12(17)7-10/h3-4,7-9H,5-6H2,1-2H3,(H,18,20). The molecule has 0 spiro atoms. The summed E-state index contributed by atoms with van der Waals surface area (Å²) in [4.78, 5) is 16.5. The van der Waals surface area contributed by atoms with Gasteiger partial charge in [-0.2, -0.15) is 0 Å². The monoisotopic (exact) mass is 342 g/mol. The van der Waals surface area contributed by atoms with Gasteiger partial charge < -0.3 is 5.32 Å². The van der Waals surface area contributed by atoms with Gasteiger partial charge in [0.1, 0.15) is 0 Å². The minimum absolute atomic E-state index is 0.158. The summed E-state index contributed by atoms with van der Waals surface area (Å²) in [5.41, 5.74) is 1.61. The van der Waals surface area contributed by atoms with Crippen molar-refractivity contribution < 1.29 is 4.79 Å². The van der Waals surface area contributed by atoms with E-state index in [9.17, 15) is 4.79 Å². The minimum atomic E-state index is -0.158. The highest BCUT2D eigenvalue weighted by Crippen LogP contribution is 2.22. The van der Waals surface area contributed by atoms with E-state index in [1.165, 1.54) is 0 Å². The number of aromatic nitrogens is 1. The summed E-state index contributed by atoms with van der Waals surface area (Å²) in [6, 6.07) is 4.85. The first-order valence-corrected chi connectivity index (χ1v) is 8.28. The molecule has 3 nitrogen and oxygen atoms in total. The molecule has 2 rings (SSSR count). The van der Waals surface area contributed by atoms with Crippen molar-refractivity contribution in [2.24, 2.45) is 0 Å². The van der Waals surface area contributed by atoms with Gasteiger partial charge >= 0.3 is 0 Å². The number of nitrogens with one attached hydrogen (secondary N) is 1. The second kappa shape index (κ2) is 7.25. The number of benzene rings is 1. The molecule has 1 N–H and O–H groups in total. The Hall–Kier alpha value is -1.10. The molecule has 0 fully saturated rings. The first-order chi connectivity index (χ1) is 9.97. The highest BCUT2D eigenvalue weighted by atomic mass is 35.5. The van der Waals surface area contributed by atoms with Gasteiger partial charge in [0.05, 0.1) is 20.7 Å². The van der Waals surface area contributed by atoms with Crippen LogP contribution < -0.4 is 5.32 Å². The molecule has 0 aliphatic rings. The van der Waals surface area contributed by atoms with Gasteiger partial charge in [0, 0.05) is 23.9 Å². The van der Waals surface area contributed by atoms with Gasteiger partial charge in [-0.15, -0.1) is 11.3 Å². The number of rotatable bonds is 5. The summed E-state index contributed by atoms with van der Waals surface area (Å²) >= 11 is 13.4.